The number of carbonyl (C=O) groups excluding carboxylic acids is 1. The van der Waals surface area contributed by atoms with E-state index < -0.39 is 0 Å². The van der Waals surface area contributed by atoms with Crippen LogP contribution in [0.1, 0.15) is 25.0 Å². The SMILES string of the molecule is CCN(CC)c1ccc(C=NNC(=O)Nc2ccccc2C)cc1Br. The van der Waals surface area contributed by atoms with E-state index in [1.165, 1.54) is 0 Å². The second-order valence-electron chi connectivity index (χ2n) is 5.52. The van der Waals surface area contributed by atoms with Crippen molar-refractivity contribution in [3.8, 4) is 0 Å². The Morgan fingerprint density at radius 3 is 2.56 bits per heavy atom. The summed E-state index contributed by atoms with van der Waals surface area (Å²) >= 11 is 3.60. The van der Waals surface area contributed by atoms with Crippen molar-refractivity contribution in [2.45, 2.75) is 20.8 Å². The molecule has 0 aromatic heterocycles. The first kappa shape index (κ1) is 19.0. The van der Waals surface area contributed by atoms with Crippen LogP contribution >= 0.6 is 15.9 Å². The lowest BCUT2D eigenvalue weighted by molar-refractivity contribution is 0.252. The fraction of sp³-hybridized carbons (Fsp3) is 0.263. The topological polar surface area (TPSA) is 56.7 Å². The lowest BCUT2D eigenvalue weighted by Gasteiger charge is -2.22. The Kier molecular flexibility index (Phi) is 7.01. The first-order valence-corrected chi connectivity index (χ1v) is 9.04. The number of hydrogen-bond acceptors (Lipinski definition) is 3. The highest BCUT2D eigenvalue weighted by atomic mass is 79.9. The van der Waals surface area contributed by atoms with Gasteiger partial charge in [0.1, 0.15) is 0 Å². The molecule has 0 saturated heterocycles. The molecule has 2 rings (SSSR count). The molecule has 2 N–H and O–H groups in total. The van der Waals surface area contributed by atoms with E-state index >= 15 is 0 Å². The molecule has 0 aliphatic rings. The number of anilines is 2. The van der Waals surface area contributed by atoms with Crippen LogP contribution in [0.25, 0.3) is 0 Å². The van der Waals surface area contributed by atoms with Gasteiger partial charge in [-0.3, -0.25) is 0 Å². The predicted molar refractivity (Wildman–Crippen MR) is 109 cm³/mol. The number of benzene rings is 2. The van der Waals surface area contributed by atoms with E-state index in [-0.39, 0.29) is 6.03 Å². The Bertz CT molecular complexity index is 757. The number of nitrogens with zero attached hydrogens (tertiary/aromatic N) is 2. The van der Waals surface area contributed by atoms with Crippen molar-refractivity contribution in [1.82, 2.24) is 5.43 Å². The number of hydrogen-bond donors (Lipinski definition) is 2. The number of amides is 2. The maximum absolute atomic E-state index is 11.9. The molecule has 5 nitrogen and oxygen atoms in total. The summed E-state index contributed by atoms with van der Waals surface area (Å²) in [7, 11) is 0. The third-order valence-electron chi connectivity index (χ3n) is 3.85. The van der Waals surface area contributed by atoms with Gasteiger partial charge in [0, 0.05) is 23.2 Å². The minimum Gasteiger partial charge on any atom is -0.371 e. The maximum atomic E-state index is 11.9. The Labute approximate surface area is 157 Å². The fourth-order valence-corrected chi connectivity index (χ4v) is 3.10. The third kappa shape index (κ3) is 5.32. The van der Waals surface area contributed by atoms with Crippen LogP contribution in [-0.2, 0) is 0 Å². The van der Waals surface area contributed by atoms with Crippen molar-refractivity contribution >= 4 is 39.6 Å². The van der Waals surface area contributed by atoms with Crippen LogP contribution in [0, 0.1) is 6.92 Å². The molecule has 0 bridgehead atoms. The molecule has 0 spiro atoms. The van der Waals surface area contributed by atoms with Crippen molar-refractivity contribution in [2.75, 3.05) is 23.3 Å². The van der Waals surface area contributed by atoms with Crippen molar-refractivity contribution in [3.05, 3.63) is 58.1 Å². The largest absolute Gasteiger partial charge is 0.371 e. The smallest absolute Gasteiger partial charge is 0.339 e. The van der Waals surface area contributed by atoms with Gasteiger partial charge in [-0.05, 0) is 66.0 Å². The number of nitrogens with one attached hydrogen (secondary N) is 2. The zero-order valence-electron chi connectivity index (χ0n) is 14.7. The molecule has 0 atom stereocenters. The summed E-state index contributed by atoms with van der Waals surface area (Å²) in [4.78, 5) is 14.2. The summed E-state index contributed by atoms with van der Waals surface area (Å²) in [6.45, 7) is 8.09. The van der Waals surface area contributed by atoms with E-state index in [4.69, 9.17) is 0 Å². The van der Waals surface area contributed by atoms with Gasteiger partial charge < -0.3 is 10.2 Å². The zero-order chi connectivity index (χ0) is 18.2. The number of rotatable bonds is 6. The summed E-state index contributed by atoms with van der Waals surface area (Å²) in [6, 6.07) is 13.2. The molecule has 2 aromatic carbocycles. The second kappa shape index (κ2) is 9.22. The van der Waals surface area contributed by atoms with Gasteiger partial charge in [-0.1, -0.05) is 24.3 Å². The number of urea groups is 1. The van der Waals surface area contributed by atoms with Crippen LogP contribution in [0.3, 0.4) is 0 Å². The van der Waals surface area contributed by atoms with Gasteiger partial charge in [0.25, 0.3) is 0 Å². The van der Waals surface area contributed by atoms with Crippen LogP contribution in [0.5, 0.6) is 0 Å². The monoisotopic (exact) mass is 402 g/mol. The van der Waals surface area contributed by atoms with Gasteiger partial charge in [0.15, 0.2) is 0 Å². The highest BCUT2D eigenvalue weighted by Crippen LogP contribution is 2.26. The summed E-state index contributed by atoms with van der Waals surface area (Å²) < 4.78 is 1.00. The molecule has 2 amide bonds. The van der Waals surface area contributed by atoms with Crippen LogP contribution in [0.4, 0.5) is 16.2 Å². The molecule has 132 valence electrons. The van der Waals surface area contributed by atoms with E-state index in [0.717, 1.165) is 40.1 Å². The molecule has 0 unspecified atom stereocenters. The molecular formula is C19H23BrN4O. The molecule has 0 aliphatic heterocycles. The fourth-order valence-electron chi connectivity index (χ4n) is 2.45. The standard InChI is InChI=1S/C19H23BrN4O/c1-4-24(5-2)18-11-10-15(12-16(18)20)13-21-23-19(25)22-17-9-7-6-8-14(17)3/h6-13H,4-5H2,1-3H3,(H2,22,23,25). The molecule has 25 heavy (non-hydrogen) atoms. The third-order valence-corrected chi connectivity index (χ3v) is 4.48. The van der Waals surface area contributed by atoms with Gasteiger partial charge in [-0.25, -0.2) is 10.2 Å². The number of carbonyl (C=O) groups is 1. The Balaban J connectivity index is 1.96. The molecule has 0 aliphatic carbocycles. The summed E-state index contributed by atoms with van der Waals surface area (Å²) in [6.07, 6.45) is 1.62. The number of hydrazone groups is 1. The van der Waals surface area contributed by atoms with Crippen LogP contribution in [0.2, 0.25) is 0 Å². The van der Waals surface area contributed by atoms with Crippen molar-refractivity contribution in [2.24, 2.45) is 5.10 Å². The molecule has 0 saturated carbocycles. The van der Waals surface area contributed by atoms with Crippen molar-refractivity contribution < 1.29 is 4.79 Å². The summed E-state index contributed by atoms with van der Waals surface area (Å²) in [5.41, 5.74) is 6.29. The lowest BCUT2D eigenvalue weighted by Crippen LogP contribution is -2.24. The molecular weight excluding hydrogens is 380 g/mol. The molecule has 0 fully saturated rings. The average Bonchev–Trinajstić information content (AvgIpc) is 2.60. The average molecular weight is 403 g/mol. The van der Waals surface area contributed by atoms with Gasteiger partial charge in [0.05, 0.1) is 11.9 Å². The van der Waals surface area contributed by atoms with E-state index in [1.807, 2.05) is 49.4 Å². The van der Waals surface area contributed by atoms with E-state index in [1.54, 1.807) is 6.21 Å². The highest BCUT2D eigenvalue weighted by molar-refractivity contribution is 9.10. The van der Waals surface area contributed by atoms with Crippen LogP contribution < -0.4 is 15.6 Å². The van der Waals surface area contributed by atoms with E-state index in [0.29, 0.717) is 0 Å². The molecule has 0 heterocycles. The number of halogens is 1. The minimum absolute atomic E-state index is 0.371. The maximum Gasteiger partial charge on any atom is 0.339 e. The Morgan fingerprint density at radius 2 is 1.92 bits per heavy atom. The summed E-state index contributed by atoms with van der Waals surface area (Å²) in [5.74, 6) is 0. The van der Waals surface area contributed by atoms with Crippen molar-refractivity contribution in [1.29, 1.82) is 0 Å². The molecule has 0 radical (unpaired) electrons. The van der Waals surface area contributed by atoms with Gasteiger partial charge >= 0.3 is 6.03 Å². The van der Waals surface area contributed by atoms with Gasteiger partial charge in [-0.15, -0.1) is 0 Å². The first-order valence-electron chi connectivity index (χ1n) is 8.25. The predicted octanol–water partition coefficient (Wildman–Crippen LogP) is 4.76. The summed E-state index contributed by atoms with van der Waals surface area (Å²) in [5, 5.41) is 6.77. The van der Waals surface area contributed by atoms with Crippen molar-refractivity contribution in [3.63, 3.8) is 0 Å². The van der Waals surface area contributed by atoms with Gasteiger partial charge in [0.2, 0.25) is 0 Å². The number of para-hydroxylation sites is 1. The lowest BCUT2D eigenvalue weighted by atomic mass is 10.2. The van der Waals surface area contributed by atoms with E-state index in [9.17, 15) is 4.79 Å². The Hall–Kier alpha value is -2.34. The van der Waals surface area contributed by atoms with Crippen LogP contribution in [-0.4, -0.2) is 25.3 Å². The zero-order valence-corrected chi connectivity index (χ0v) is 16.3. The molecule has 2 aromatic rings. The van der Waals surface area contributed by atoms with E-state index in [2.05, 4.69) is 50.5 Å². The number of aryl methyl sites for hydroxylation is 1. The normalized spacial score (nSPS) is 10.7. The molecule has 6 heteroatoms. The van der Waals surface area contributed by atoms with Crippen LogP contribution in [0.15, 0.2) is 52.0 Å². The quantitative estimate of drug-likeness (QED) is 0.540. The first-order chi connectivity index (χ1) is 12.0. The second-order valence-corrected chi connectivity index (χ2v) is 6.38. The Morgan fingerprint density at radius 1 is 1.20 bits per heavy atom. The minimum atomic E-state index is -0.371. The highest BCUT2D eigenvalue weighted by Gasteiger charge is 2.07. The van der Waals surface area contributed by atoms with Gasteiger partial charge in [-0.2, -0.15) is 5.10 Å².